The summed E-state index contributed by atoms with van der Waals surface area (Å²) in [4.78, 5) is 19.1. The second-order valence-electron chi connectivity index (χ2n) is 8.91. The Morgan fingerprint density at radius 3 is 2.54 bits per heavy atom. The average molecular weight is 534 g/mol. The van der Waals surface area contributed by atoms with Crippen molar-refractivity contribution in [2.45, 2.75) is 38.6 Å². The lowest BCUT2D eigenvalue weighted by Crippen LogP contribution is -2.31. The van der Waals surface area contributed by atoms with Crippen LogP contribution in [-0.2, 0) is 16.8 Å². The summed E-state index contributed by atoms with van der Waals surface area (Å²) in [5.74, 6) is -0.826. The molecule has 0 saturated carbocycles. The first kappa shape index (κ1) is 24.7. The van der Waals surface area contributed by atoms with Gasteiger partial charge in [0.2, 0.25) is 0 Å². The van der Waals surface area contributed by atoms with Gasteiger partial charge in [0.1, 0.15) is 0 Å². The second kappa shape index (κ2) is 10.1. The van der Waals surface area contributed by atoms with E-state index in [-0.39, 0.29) is 12.3 Å². The number of carboxylic acids is 1. The fourth-order valence-corrected chi connectivity index (χ4v) is 4.40. The van der Waals surface area contributed by atoms with Crippen molar-refractivity contribution in [3.63, 3.8) is 0 Å². The van der Waals surface area contributed by atoms with Crippen LogP contribution in [-0.4, -0.2) is 26.9 Å². The van der Waals surface area contributed by atoms with Gasteiger partial charge in [0, 0.05) is 27.4 Å². The molecule has 0 aliphatic rings. The van der Waals surface area contributed by atoms with Crippen molar-refractivity contribution in [1.29, 1.82) is 0 Å². The molecule has 0 spiro atoms. The Morgan fingerprint density at radius 1 is 1.11 bits per heavy atom. The van der Waals surface area contributed by atoms with Gasteiger partial charge in [-0.05, 0) is 61.2 Å². The number of nitrogens with two attached hydrogens (primary N) is 1. The smallest absolute Gasteiger partial charge is 0.303 e. The second-order valence-corrected chi connectivity index (χ2v) is 9.83. The number of aromatic amines is 1. The minimum Gasteiger partial charge on any atom is -0.494 e. The van der Waals surface area contributed by atoms with Gasteiger partial charge in [0.25, 0.3) is 0 Å². The molecule has 0 aliphatic heterocycles. The van der Waals surface area contributed by atoms with Gasteiger partial charge in [-0.3, -0.25) is 4.79 Å². The molecule has 1 heterocycles. The molecular weight excluding hydrogens is 506 g/mol. The van der Waals surface area contributed by atoms with E-state index in [0.29, 0.717) is 17.7 Å². The molecule has 1 atom stereocenters. The molecule has 0 radical (unpaired) electrons. The van der Waals surface area contributed by atoms with Crippen molar-refractivity contribution in [2.24, 2.45) is 10.7 Å². The Morgan fingerprint density at radius 2 is 1.86 bits per heavy atom. The van der Waals surface area contributed by atoms with Crippen LogP contribution < -0.4 is 5.73 Å². The molecule has 0 aliphatic carbocycles. The van der Waals surface area contributed by atoms with Gasteiger partial charge in [0.05, 0.1) is 22.5 Å². The zero-order valence-corrected chi connectivity index (χ0v) is 21.3. The largest absolute Gasteiger partial charge is 0.494 e. The van der Waals surface area contributed by atoms with Gasteiger partial charge in [-0.1, -0.05) is 59.3 Å². The lowest BCUT2D eigenvalue weighted by molar-refractivity contribution is -0.136. The van der Waals surface area contributed by atoms with Gasteiger partial charge in [0.15, 0.2) is 5.88 Å². The van der Waals surface area contributed by atoms with Crippen LogP contribution in [0.3, 0.4) is 0 Å². The summed E-state index contributed by atoms with van der Waals surface area (Å²) in [5.41, 5.74) is 11.3. The zero-order valence-electron chi connectivity index (χ0n) is 19.7. The highest BCUT2D eigenvalue weighted by atomic mass is 79.9. The SMILES string of the molecule is CCC(C)(N)c1ccc(N=C(c2cccc(CCC(=O)O)c2)c2c(O)[nH]c3cc(Br)ccc23)cc1. The fraction of sp³-hybridized carbons (Fsp3) is 0.214. The number of aryl methyl sites for hydroxylation is 1. The third-order valence-electron chi connectivity index (χ3n) is 6.31. The first-order chi connectivity index (χ1) is 16.7. The Hall–Kier alpha value is -3.42. The maximum absolute atomic E-state index is 11.1. The lowest BCUT2D eigenvalue weighted by atomic mass is 9.90. The summed E-state index contributed by atoms with van der Waals surface area (Å²) in [5, 5.41) is 20.8. The summed E-state index contributed by atoms with van der Waals surface area (Å²) in [6.45, 7) is 4.06. The van der Waals surface area contributed by atoms with Crippen molar-refractivity contribution >= 4 is 44.2 Å². The van der Waals surface area contributed by atoms with Gasteiger partial charge in [-0.15, -0.1) is 0 Å². The van der Waals surface area contributed by atoms with Crippen molar-refractivity contribution < 1.29 is 15.0 Å². The molecular formula is C28H28BrN3O3. The highest BCUT2D eigenvalue weighted by molar-refractivity contribution is 9.10. The summed E-state index contributed by atoms with van der Waals surface area (Å²) >= 11 is 3.48. The molecule has 0 fully saturated rings. The Kier molecular flexibility index (Phi) is 7.10. The van der Waals surface area contributed by atoms with E-state index in [1.807, 2.05) is 73.7 Å². The van der Waals surface area contributed by atoms with Gasteiger partial charge >= 0.3 is 5.97 Å². The summed E-state index contributed by atoms with van der Waals surface area (Å²) in [6.07, 6.45) is 1.26. The number of aromatic hydroxyl groups is 1. The van der Waals surface area contributed by atoms with E-state index in [9.17, 15) is 9.90 Å². The van der Waals surface area contributed by atoms with Crippen LogP contribution in [0.5, 0.6) is 5.88 Å². The molecule has 4 aromatic rings. The van der Waals surface area contributed by atoms with Gasteiger partial charge < -0.3 is 20.9 Å². The number of benzene rings is 3. The van der Waals surface area contributed by atoms with Crippen LogP contribution in [0.1, 0.15) is 48.9 Å². The molecule has 5 N–H and O–H groups in total. The molecule has 4 rings (SSSR count). The maximum atomic E-state index is 11.1. The first-order valence-corrected chi connectivity index (χ1v) is 12.3. The highest BCUT2D eigenvalue weighted by Gasteiger charge is 2.21. The van der Waals surface area contributed by atoms with E-state index in [2.05, 4.69) is 27.8 Å². The molecule has 7 heteroatoms. The van der Waals surface area contributed by atoms with Crippen LogP contribution in [0.2, 0.25) is 0 Å². The fourth-order valence-electron chi connectivity index (χ4n) is 4.04. The number of carbonyl (C=O) groups is 1. The minimum atomic E-state index is -0.844. The van der Waals surface area contributed by atoms with Crippen molar-refractivity contribution in [2.75, 3.05) is 0 Å². The maximum Gasteiger partial charge on any atom is 0.303 e. The van der Waals surface area contributed by atoms with Crippen molar-refractivity contribution in [1.82, 2.24) is 4.98 Å². The number of nitrogens with zero attached hydrogens (tertiary/aromatic N) is 1. The van der Waals surface area contributed by atoms with Gasteiger partial charge in [-0.25, -0.2) is 4.99 Å². The molecule has 0 amide bonds. The van der Waals surface area contributed by atoms with Crippen molar-refractivity contribution in [3.05, 3.63) is 93.5 Å². The van der Waals surface area contributed by atoms with Gasteiger partial charge in [-0.2, -0.15) is 0 Å². The van der Waals surface area contributed by atoms with E-state index in [1.165, 1.54) is 0 Å². The van der Waals surface area contributed by atoms with E-state index >= 15 is 0 Å². The molecule has 1 aromatic heterocycles. The minimum absolute atomic E-state index is 0.0184. The molecule has 6 nitrogen and oxygen atoms in total. The quantitative estimate of drug-likeness (QED) is 0.196. The van der Waals surface area contributed by atoms with E-state index in [0.717, 1.165) is 44.2 Å². The standard InChI is InChI=1S/C28H28BrN3O3/c1-3-28(2,30)19-8-11-21(12-9-19)31-26(18-6-4-5-17(15-18)7-14-24(33)34)25-22-13-10-20(29)16-23(22)32-27(25)35/h4-6,8-13,15-16,32,35H,3,7,14,30H2,1-2H3,(H,33,34). The number of aromatic nitrogens is 1. The summed E-state index contributed by atoms with van der Waals surface area (Å²) < 4.78 is 0.892. The van der Waals surface area contributed by atoms with Crippen molar-refractivity contribution in [3.8, 4) is 5.88 Å². The molecule has 35 heavy (non-hydrogen) atoms. The Labute approximate surface area is 212 Å². The predicted molar refractivity (Wildman–Crippen MR) is 144 cm³/mol. The highest BCUT2D eigenvalue weighted by Crippen LogP contribution is 2.33. The predicted octanol–water partition coefficient (Wildman–Crippen LogP) is 6.41. The number of rotatable bonds is 8. The average Bonchev–Trinajstić information content (AvgIpc) is 3.16. The molecule has 180 valence electrons. The van der Waals surface area contributed by atoms with E-state index in [4.69, 9.17) is 15.8 Å². The first-order valence-electron chi connectivity index (χ1n) is 11.5. The normalized spacial score (nSPS) is 13.7. The number of halogens is 1. The van der Waals surface area contributed by atoms with E-state index in [1.54, 1.807) is 0 Å². The zero-order chi connectivity index (χ0) is 25.2. The molecule has 3 aromatic carbocycles. The number of H-pyrrole nitrogens is 1. The third kappa shape index (κ3) is 5.47. The summed E-state index contributed by atoms with van der Waals surface area (Å²) in [7, 11) is 0. The monoisotopic (exact) mass is 533 g/mol. The molecule has 1 unspecified atom stereocenters. The lowest BCUT2D eigenvalue weighted by Gasteiger charge is -2.23. The summed E-state index contributed by atoms with van der Waals surface area (Å²) in [6, 6.07) is 21.2. The number of carboxylic acid groups (broad SMARTS) is 1. The van der Waals surface area contributed by atoms with Crippen LogP contribution in [0.4, 0.5) is 5.69 Å². The number of aliphatic imine (C=N–C) groups is 1. The Balaban J connectivity index is 1.87. The number of hydrogen-bond donors (Lipinski definition) is 4. The van der Waals surface area contributed by atoms with Crippen LogP contribution >= 0.6 is 15.9 Å². The molecule has 0 saturated heterocycles. The van der Waals surface area contributed by atoms with Crippen LogP contribution in [0.15, 0.2) is 76.2 Å². The van der Waals surface area contributed by atoms with E-state index < -0.39 is 11.5 Å². The Bertz CT molecular complexity index is 1400. The third-order valence-corrected chi connectivity index (χ3v) is 6.80. The number of nitrogens with one attached hydrogen (secondary N) is 1. The van der Waals surface area contributed by atoms with Crippen LogP contribution in [0, 0.1) is 0 Å². The van der Waals surface area contributed by atoms with Crippen LogP contribution in [0.25, 0.3) is 10.9 Å². The topological polar surface area (TPSA) is 112 Å². The number of hydrogen-bond acceptors (Lipinski definition) is 4. The number of fused-ring (bicyclic) bond motifs is 1. The molecule has 0 bridgehead atoms. The number of aliphatic carboxylic acids is 1.